The third kappa shape index (κ3) is 5.10. The molecule has 1 aliphatic rings. The largest absolute Gasteiger partial charge is 0.365 e. The second-order valence-corrected chi connectivity index (χ2v) is 11.1. The van der Waals surface area contributed by atoms with Gasteiger partial charge >= 0.3 is 0 Å². The highest BCUT2D eigenvalue weighted by molar-refractivity contribution is 7.17. The molecule has 0 saturated heterocycles. The Balaban J connectivity index is 1.59. The molecule has 0 radical (unpaired) electrons. The first-order chi connectivity index (χ1) is 16.3. The first-order valence-electron chi connectivity index (χ1n) is 12.1. The van der Waals surface area contributed by atoms with E-state index in [9.17, 15) is 9.59 Å². The van der Waals surface area contributed by atoms with E-state index in [4.69, 9.17) is 5.73 Å². The molecule has 3 N–H and O–H groups in total. The van der Waals surface area contributed by atoms with E-state index in [0.29, 0.717) is 22.9 Å². The molecule has 1 aromatic heterocycles. The Kier molecular flexibility index (Phi) is 7.22. The minimum atomic E-state index is -0.455. The lowest BCUT2D eigenvalue weighted by molar-refractivity contribution is -0.116. The zero-order valence-corrected chi connectivity index (χ0v) is 21.1. The van der Waals surface area contributed by atoms with Crippen LogP contribution in [0, 0.1) is 11.3 Å². The molecule has 2 amide bonds. The lowest BCUT2D eigenvalue weighted by atomic mass is 9.69. The van der Waals surface area contributed by atoms with Gasteiger partial charge in [-0.05, 0) is 47.3 Å². The lowest BCUT2D eigenvalue weighted by Crippen LogP contribution is -2.29. The molecule has 34 heavy (non-hydrogen) atoms. The number of nitrogens with two attached hydrogens (primary N) is 1. The van der Waals surface area contributed by atoms with Gasteiger partial charge in [0.1, 0.15) is 5.00 Å². The van der Waals surface area contributed by atoms with Crippen LogP contribution in [0.3, 0.4) is 0 Å². The number of carbonyl (C=O) groups is 2. The molecule has 0 saturated carbocycles. The minimum absolute atomic E-state index is 0.0660. The third-order valence-corrected chi connectivity index (χ3v) is 8.74. The Labute approximate surface area is 206 Å². The fraction of sp³-hybridized carbons (Fsp3) is 0.379. The number of hydrogen-bond donors (Lipinski definition) is 2. The fourth-order valence-corrected chi connectivity index (χ4v) is 6.40. The molecule has 0 aliphatic heterocycles. The number of anilines is 1. The average molecular weight is 475 g/mol. The van der Waals surface area contributed by atoms with Crippen molar-refractivity contribution < 1.29 is 9.59 Å². The van der Waals surface area contributed by atoms with Crippen LogP contribution in [0.1, 0.15) is 77.9 Å². The van der Waals surface area contributed by atoms with Crippen molar-refractivity contribution in [2.24, 2.45) is 17.1 Å². The van der Waals surface area contributed by atoms with E-state index in [1.54, 1.807) is 0 Å². The molecular weight excluding hydrogens is 440 g/mol. The molecule has 0 fully saturated rings. The topological polar surface area (TPSA) is 72.2 Å². The molecule has 0 spiro atoms. The number of hydrogen-bond acceptors (Lipinski definition) is 3. The molecule has 1 heterocycles. The zero-order valence-electron chi connectivity index (χ0n) is 20.3. The summed E-state index contributed by atoms with van der Waals surface area (Å²) in [5, 5.41) is 3.67. The van der Waals surface area contributed by atoms with Crippen molar-refractivity contribution in [3.05, 3.63) is 87.8 Å². The number of amides is 2. The van der Waals surface area contributed by atoms with Crippen LogP contribution in [-0.2, 0) is 17.6 Å². The zero-order chi connectivity index (χ0) is 24.3. The van der Waals surface area contributed by atoms with Crippen LogP contribution in [0.4, 0.5) is 5.00 Å². The summed E-state index contributed by atoms with van der Waals surface area (Å²) in [6, 6.07) is 20.2. The van der Waals surface area contributed by atoms with Gasteiger partial charge in [0.15, 0.2) is 0 Å². The number of carbonyl (C=O) groups excluding carboxylic acids is 2. The van der Waals surface area contributed by atoms with Crippen LogP contribution in [0.5, 0.6) is 0 Å². The number of primary amides is 1. The molecule has 1 unspecified atom stereocenters. The van der Waals surface area contributed by atoms with Crippen LogP contribution in [-0.4, -0.2) is 11.8 Å². The smallest absolute Gasteiger partial charge is 0.251 e. The number of rotatable bonds is 8. The van der Waals surface area contributed by atoms with E-state index in [-0.39, 0.29) is 17.2 Å². The summed E-state index contributed by atoms with van der Waals surface area (Å²) in [7, 11) is 0. The maximum atomic E-state index is 13.3. The summed E-state index contributed by atoms with van der Waals surface area (Å²) < 4.78 is 0. The maximum absolute atomic E-state index is 13.3. The highest BCUT2D eigenvalue weighted by atomic mass is 32.1. The van der Waals surface area contributed by atoms with Gasteiger partial charge in [0.25, 0.3) is 5.91 Å². The molecular formula is C29H34N2O2S. The minimum Gasteiger partial charge on any atom is -0.365 e. The van der Waals surface area contributed by atoms with Crippen LogP contribution >= 0.6 is 11.3 Å². The lowest BCUT2D eigenvalue weighted by Gasteiger charge is -2.36. The van der Waals surface area contributed by atoms with Crippen LogP contribution in [0.2, 0.25) is 0 Å². The van der Waals surface area contributed by atoms with Gasteiger partial charge in [-0.1, -0.05) is 87.9 Å². The molecule has 5 heteroatoms. The van der Waals surface area contributed by atoms with Crippen molar-refractivity contribution in [2.75, 3.05) is 5.32 Å². The van der Waals surface area contributed by atoms with Crippen molar-refractivity contribution in [1.82, 2.24) is 0 Å². The van der Waals surface area contributed by atoms with Gasteiger partial charge in [-0.3, -0.25) is 9.59 Å². The third-order valence-electron chi connectivity index (χ3n) is 7.57. The summed E-state index contributed by atoms with van der Waals surface area (Å²) in [5.74, 6) is -0.0647. The van der Waals surface area contributed by atoms with Crippen LogP contribution in [0.25, 0.3) is 0 Å². The quantitative estimate of drug-likeness (QED) is 0.389. The van der Waals surface area contributed by atoms with Crippen molar-refractivity contribution >= 4 is 28.2 Å². The Hall–Kier alpha value is -2.92. The van der Waals surface area contributed by atoms with Crippen LogP contribution < -0.4 is 11.1 Å². The fourth-order valence-electron chi connectivity index (χ4n) is 5.05. The SMILES string of the molecule is CCC(C)(C)C1CCc2c(sc(NC(=O)CC(c3ccccc3)c3ccccc3)c2C(N)=O)C1. The predicted octanol–water partition coefficient (Wildman–Crippen LogP) is 6.55. The van der Waals surface area contributed by atoms with E-state index in [0.717, 1.165) is 42.4 Å². The van der Waals surface area contributed by atoms with Gasteiger partial charge in [0.05, 0.1) is 5.56 Å². The van der Waals surface area contributed by atoms with Crippen molar-refractivity contribution in [2.45, 2.75) is 58.8 Å². The van der Waals surface area contributed by atoms with E-state index < -0.39 is 5.91 Å². The number of thiophene rings is 1. The van der Waals surface area contributed by atoms with E-state index in [1.807, 2.05) is 36.4 Å². The first-order valence-corrected chi connectivity index (χ1v) is 13.0. The monoisotopic (exact) mass is 474 g/mol. The van der Waals surface area contributed by atoms with Gasteiger partial charge in [-0.25, -0.2) is 0 Å². The number of benzene rings is 2. The Bertz CT molecular complexity index is 1110. The van der Waals surface area contributed by atoms with Gasteiger partial charge < -0.3 is 11.1 Å². The van der Waals surface area contributed by atoms with Gasteiger partial charge in [-0.2, -0.15) is 0 Å². The second kappa shape index (κ2) is 10.1. The number of nitrogens with one attached hydrogen (secondary N) is 1. The van der Waals surface area contributed by atoms with Crippen molar-refractivity contribution in [3.8, 4) is 0 Å². The highest BCUT2D eigenvalue weighted by Gasteiger charge is 2.35. The van der Waals surface area contributed by atoms with E-state index in [1.165, 1.54) is 16.2 Å². The molecule has 178 valence electrons. The Morgan fingerprint density at radius 3 is 2.18 bits per heavy atom. The number of fused-ring (bicyclic) bond motifs is 1. The Morgan fingerprint density at radius 1 is 1.06 bits per heavy atom. The molecule has 3 aromatic rings. The molecule has 0 bridgehead atoms. The highest BCUT2D eigenvalue weighted by Crippen LogP contribution is 2.45. The molecule has 4 rings (SSSR count). The summed E-state index contributed by atoms with van der Waals surface area (Å²) in [4.78, 5) is 26.9. The molecule has 2 aromatic carbocycles. The molecule has 1 atom stereocenters. The second-order valence-electron chi connectivity index (χ2n) is 9.98. The van der Waals surface area contributed by atoms with Crippen molar-refractivity contribution in [3.63, 3.8) is 0 Å². The maximum Gasteiger partial charge on any atom is 0.251 e. The van der Waals surface area contributed by atoms with E-state index >= 15 is 0 Å². The van der Waals surface area contributed by atoms with Gasteiger partial charge in [0, 0.05) is 17.2 Å². The van der Waals surface area contributed by atoms with E-state index in [2.05, 4.69) is 50.4 Å². The summed E-state index contributed by atoms with van der Waals surface area (Å²) in [6.45, 7) is 6.88. The molecule has 1 aliphatic carbocycles. The van der Waals surface area contributed by atoms with Gasteiger partial charge in [0.2, 0.25) is 5.91 Å². The molecule has 4 nitrogen and oxygen atoms in total. The van der Waals surface area contributed by atoms with Crippen LogP contribution in [0.15, 0.2) is 60.7 Å². The first kappa shape index (κ1) is 24.2. The average Bonchev–Trinajstić information content (AvgIpc) is 3.20. The summed E-state index contributed by atoms with van der Waals surface area (Å²) in [5.41, 5.74) is 9.79. The van der Waals surface area contributed by atoms with Gasteiger partial charge in [-0.15, -0.1) is 11.3 Å². The summed E-state index contributed by atoms with van der Waals surface area (Å²) in [6.07, 6.45) is 4.23. The normalized spacial score (nSPS) is 15.7. The van der Waals surface area contributed by atoms with Crippen molar-refractivity contribution in [1.29, 1.82) is 0 Å². The Morgan fingerprint density at radius 2 is 1.65 bits per heavy atom. The standard InChI is InChI=1S/C29H34N2O2S/c1-4-29(2,3)21-15-16-22-24(17-21)34-28(26(22)27(30)33)31-25(32)18-23(19-11-7-5-8-12-19)20-13-9-6-10-14-20/h5-14,21,23H,4,15-18H2,1-3H3,(H2,30,33)(H,31,32). The summed E-state index contributed by atoms with van der Waals surface area (Å²) >= 11 is 1.53. The predicted molar refractivity (Wildman–Crippen MR) is 140 cm³/mol.